The van der Waals surface area contributed by atoms with Crippen molar-refractivity contribution >= 4 is 0 Å². The largest absolute Gasteiger partial charge is 0.507 e. The van der Waals surface area contributed by atoms with Crippen molar-refractivity contribution in [2.24, 2.45) is 0 Å². The molecule has 0 saturated heterocycles. The molecule has 0 spiro atoms. The van der Waals surface area contributed by atoms with Gasteiger partial charge in [0.15, 0.2) is 0 Å². The first-order chi connectivity index (χ1) is 7.21. The summed E-state index contributed by atoms with van der Waals surface area (Å²) >= 11 is 0. The van der Waals surface area contributed by atoms with Gasteiger partial charge in [0.25, 0.3) is 0 Å². The molecular weight excluding hydrogens is 204 g/mol. The average molecular weight is 224 g/mol. The number of ether oxygens (including phenoxy) is 1. The molecule has 3 heteroatoms. The van der Waals surface area contributed by atoms with Gasteiger partial charge in [0.2, 0.25) is 0 Å². The SMILES string of the molecule is COc1c(C)c(O)c(C)c(O)c1C(C)(C)C. The quantitative estimate of drug-likeness (QED) is 0.771. The van der Waals surface area contributed by atoms with Crippen molar-refractivity contribution in [1.29, 1.82) is 0 Å². The van der Waals surface area contributed by atoms with E-state index >= 15 is 0 Å². The molecule has 0 radical (unpaired) electrons. The molecule has 0 aromatic heterocycles. The van der Waals surface area contributed by atoms with Crippen LogP contribution >= 0.6 is 0 Å². The zero-order chi connectivity index (χ0) is 12.7. The minimum atomic E-state index is -0.237. The van der Waals surface area contributed by atoms with E-state index in [0.29, 0.717) is 16.9 Å². The lowest BCUT2D eigenvalue weighted by molar-refractivity contribution is 0.367. The monoisotopic (exact) mass is 224 g/mol. The highest BCUT2D eigenvalue weighted by molar-refractivity contribution is 5.62. The van der Waals surface area contributed by atoms with Crippen LogP contribution in [-0.4, -0.2) is 17.3 Å². The van der Waals surface area contributed by atoms with Gasteiger partial charge in [-0.25, -0.2) is 0 Å². The molecule has 0 atom stereocenters. The lowest BCUT2D eigenvalue weighted by Gasteiger charge is -2.26. The van der Waals surface area contributed by atoms with Crippen LogP contribution < -0.4 is 4.74 Å². The summed E-state index contributed by atoms with van der Waals surface area (Å²) in [6.07, 6.45) is 0. The number of aromatic hydroxyl groups is 2. The van der Waals surface area contributed by atoms with Crippen molar-refractivity contribution in [1.82, 2.24) is 0 Å². The number of rotatable bonds is 1. The molecule has 1 aromatic rings. The van der Waals surface area contributed by atoms with Crippen molar-refractivity contribution in [2.75, 3.05) is 7.11 Å². The van der Waals surface area contributed by atoms with Crippen LogP contribution in [0.3, 0.4) is 0 Å². The Bertz CT molecular complexity index is 414. The highest BCUT2D eigenvalue weighted by atomic mass is 16.5. The minimum Gasteiger partial charge on any atom is -0.507 e. The van der Waals surface area contributed by atoms with Gasteiger partial charge in [0.05, 0.1) is 7.11 Å². The maximum Gasteiger partial charge on any atom is 0.132 e. The number of hydrogen-bond donors (Lipinski definition) is 2. The summed E-state index contributed by atoms with van der Waals surface area (Å²) in [5, 5.41) is 20.0. The molecule has 0 aliphatic heterocycles. The number of phenols is 2. The first kappa shape index (κ1) is 12.7. The minimum absolute atomic E-state index is 0.0994. The Morgan fingerprint density at radius 3 is 1.81 bits per heavy atom. The van der Waals surface area contributed by atoms with Crippen LogP contribution in [0.1, 0.15) is 37.5 Å². The van der Waals surface area contributed by atoms with E-state index in [1.807, 2.05) is 20.8 Å². The second-order valence-corrected chi connectivity index (χ2v) is 5.11. The van der Waals surface area contributed by atoms with E-state index in [9.17, 15) is 10.2 Å². The molecule has 0 fully saturated rings. The highest BCUT2D eigenvalue weighted by Gasteiger charge is 2.28. The lowest BCUT2D eigenvalue weighted by atomic mass is 9.83. The summed E-state index contributed by atoms with van der Waals surface area (Å²) in [6.45, 7) is 9.49. The third kappa shape index (κ3) is 1.82. The zero-order valence-corrected chi connectivity index (χ0v) is 10.8. The Hall–Kier alpha value is -1.38. The van der Waals surface area contributed by atoms with Crippen LogP contribution in [0.25, 0.3) is 0 Å². The van der Waals surface area contributed by atoms with Gasteiger partial charge in [0.1, 0.15) is 17.2 Å². The molecule has 0 aliphatic rings. The van der Waals surface area contributed by atoms with Gasteiger partial charge in [-0.2, -0.15) is 0 Å². The lowest BCUT2D eigenvalue weighted by Crippen LogP contribution is -2.14. The third-order valence-electron chi connectivity index (χ3n) is 2.82. The molecule has 16 heavy (non-hydrogen) atoms. The van der Waals surface area contributed by atoms with Crippen LogP contribution in [0, 0.1) is 13.8 Å². The van der Waals surface area contributed by atoms with Crippen LogP contribution in [0.2, 0.25) is 0 Å². The zero-order valence-electron chi connectivity index (χ0n) is 10.8. The molecule has 0 unspecified atom stereocenters. The highest BCUT2D eigenvalue weighted by Crippen LogP contribution is 2.46. The van der Waals surface area contributed by atoms with Crippen molar-refractivity contribution in [3.63, 3.8) is 0 Å². The van der Waals surface area contributed by atoms with Crippen molar-refractivity contribution < 1.29 is 14.9 Å². The number of benzene rings is 1. The molecule has 0 bridgehead atoms. The first-order valence-corrected chi connectivity index (χ1v) is 5.31. The summed E-state index contributed by atoms with van der Waals surface area (Å²) in [5.41, 5.74) is 1.67. The smallest absolute Gasteiger partial charge is 0.132 e. The van der Waals surface area contributed by atoms with Gasteiger partial charge >= 0.3 is 0 Å². The number of hydrogen-bond acceptors (Lipinski definition) is 3. The molecule has 2 N–H and O–H groups in total. The normalized spacial score (nSPS) is 11.6. The molecule has 1 rings (SSSR count). The molecule has 0 aliphatic carbocycles. The van der Waals surface area contributed by atoms with E-state index in [0.717, 1.165) is 5.56 Å². The van der Waals surface area contributed by atoms with Crippen LogP contribution in [0.15, 0.2) is 0 Å². The van der Waals surface area contributed by atoms with Gasteiger partial charge in [-0.1, -0.05) is 20.8 Å². The summed E-state index contributed by atoms with van der Waals surface area (Å²) in [5.74, 6) is 0.780. The van der Waals surface area contributed by atoms with Crippen LogP contribution in [-0.2, 0) is 5.41 Å². The van der Waals surface area contributed by atoms with Gasteiger partial charge < -0.3 is 14.9 Å². The maximum atomic E-state index is 10.1. The van der Waals surface area contributed by atoms with Crippen molar-refractivity contribution in [2.45, 2.75) is 40.0 Å². The Balaban J connectivity index is 3.72. The molecule has 1 aromatic carbocycles. The van der Waals surface area contributed by atoms with Gasteiger partial charge in [-0.05, 0) is 19.3 Å². The number of methoxy groups -OCH3 is 1. The summed E-state index contributed by atoms with van der Waals surface area (Å²) < 4.78 is 5.30. The average Bonchev–Trinajstić information content (AvgIpc) is 2.18. The van der Waals surface area contributed by atoms with Crippen molar-refractivity contribution in [3.8, 4) is 17.2 Å². The molecule has 0 saturated carbocycles. The fourth-order valence-electron chi connectivity index (χ4n) is 1.93. The van der Waals surface area contributed by atoms with Gasteiger partial charge in [0, 0.05) is 16.7 Å². The van der Waals surface area contributed by atoms with E-state index in [1.54, 1.807) is 21.0 Å². The number of phenolic OH excluding ortho intramolecular Hbond substituents is 2. The second-order valence-electron chi connectivity index (χ2n) is 5.11. The Kier molecular flexibility index (Phi) is 3.08. The maximum absolute atomic E-state index is 10.1. The van der Waals surface area contributed by atoms with E-state index in [1.165, 1.54) is 0 Å². The predicted molar refractivity (Wildman–Crippen MR) is 64.5 cm³/mol. The molecule has 0 heterocycles. The molecule has 3 nitrogen and oxygen atoms in total. The fraction of sp³-hybridized carbons (Fsp3) is 0.538. The van der Waals surface area contributed by atoms with Crippen molar-refractivity contribution in [3.05, 3.63) is 16.7 Å². The van der Waals surface area contributed by atoms with E-state index in [2.05, 4.69) is 0 Å². The Labute approximate surface area is 96.7 Å². The molecular formula is C13H20O3. The van der Waals surface area contributed by atoms with Crippen LogP contribution in [0.4, 0.5) is 0 Å². The first-order valence-electron chi connectivity index (χ1n) is 5.31. The molecule has 0 amide bonds. The second kappa shape index (κ2) is 3.89. The summed E-state index contributed by atoms with van der Waals surface area (Å²) in [6, 6.07) is 0. The van der Waals surface area contributed by atoms with Crippen LogP contribution in [0.5, 0.6) is 17.2 Å². The van der Waals surface area contributed by atoms with E-state index in [-0.39, 0.29) is 16.9 Å². The fourth-order valence-corrected chi connectivity index (χ4v) is 1.93. The predicted octanol–water partition coefficient (Wildman–Crippen LogP) is 3.02. The Morgan fingerprint density at radius 2 is 1.44 bits per heavy atom. The summed E-state index contributed by atoms with van der Waals surface area (Å²) in [7, 11) is 1.55. The van der Waals surface area contributed by atoms with Gasteiger partial charge in [-0.15, -0.1) is 0 Å². The van der Waals surface area contributed by atoms with E-state index in [4.69, 9.17) is 4.74 Å². The molecule has 90 valence electrons. The van der Waals surface area contributed by atoms with Gasteiger partial charge in [-0.3, -0.25) is 0 Å². The standard InChI is InChI=1S/C13H20O3/c1-7-10(14)8(2)12(16-6)9(11(7)15)13(3,4)5/h14-15H,1-6H3. The Morgan fingerprint density at radius 1 is 0.938 bits per heavy atom. The summed E-state index contributed by atoms with van der Waals surface area (Å²) in [4.78, 5) is 0. The third-order valence-corrected chi connectivity index (χ3v) is 2.82. The topological polar surface area (TPSA) is 49.7 Å². The van der Waals surface area contributed by atoms with E-state index < -0.39 is 0 Å².